The first-order valence-corrected chi connectivity index (χ1v) is 9.76. The summed E-state index contributed by atoms with van der Waals surface area (Å²) in [7, 11) is 0. The number of aromatic nitrogens is 2. The van der Waals surface area contributed by atoms with E-state index in [0.717, 1.165) is 40.7 Å². The van der Waals surface area contributed by atoms with Crippen LogP contribution in [0.4, 0.5) is 0 Å². The second kappa shape index (κ2) is 7.99. The van der Waals surface area contributed by atoms with Crippen LogP contribution in [-0.4, -0.2) is 34.7 Å². The zero-order valence-electron chi connectivity index (χ0n) is 15.0. The summed E-state index contributed by atoms with van der Waals surface area (Å²) < 4.78 is 11.2. The maximum atomic E-state index is 13.1. The summed E-state index contributed by atoms with van der Waals surface area (Å²) in [6, 6.07) is 0. The highest BCUT2D eigenvalue weighted by Crippen LogP contribution is 2.33. The maximum absolute atomic E-state index is 13.1. The molecule has 0 aliphatic heterocycles. The summed E-state index contributed by atoms with van der Waals surface area (Å²) in [4.78, 5) is 43.6. The third kappa shape index (κ3) is 3.51. The smallest absolute Gasteiger partial charge is 0.374 e. The molecule has 1 aliphatic rings. The predicted octanol–water partition coefficient (Wildman–Crippen LogP) is 2.47. The molecule has 0 unspecified atom stereocenters. The second-order valence-corrected chi connectivity index (χ2v) is 7.24. The van der Waals surface area contributed by atoms with E-state index in [9.17, 15) is 14.4 Å². The SMILES string of the molecule is CCCOC(=O)Cn1c(C(=O)OCC)nc2sc3c(c2c1=O)CCCC3. The molecule has 0 radical (unpaired) electrons. The lowest BCUT2D eigenvalue weighted by Gasteiger charge is -2.12. The Balaban J connectivity index is 2.13. The van der Waals surface area contributed by atoms with Gasteiger partial charge in [-0.05, 0) is 44.6 Å². The lowest BCUT2D eigenvalue weighted by Crippen LogP contribution is -2.32. The topological polar surface area (TPSA) is 87.5 Å². The van der Waals surface area contributed by atoms with Crippen LogP contribution in [0.1, 0.15) is 54.2 Å². The lowest BCUT2D eigenvalue weighted by atomic mass is 9.97. The molecule has 0 fully saturated rings. The molecule has 0 atom stereocenters. The first kappa shape index (κ1) is 18.6. The molecule has 0 aromatic carbocycles. The number of thiophene rings is 1. The van der Waals surface area contributed by atoms with E-state index >= 15 is 0 Å². The fourth-order valence-corrected chi connectivity index (χ4v) is 4.38. The van der Waals surface area contributed by atoms with Gasteiger partial charge < -0.3 is 9.47 Å². The molecule has 0 saturated heterocycles. The molecular formula is C18H22N2O5S. The van der Waals surface area contributed by atoms with Crippen LogP contribution in [0.2, 0.25) is 0 Å². The Morgan fingerprint density at radius 3 is 2.69 bits per heavy atom. The molecule has 26 heavy (non-hydrogen) atoms. The van der Waals surface area contributed by atoms with Crippen molar-refractivity contribution in [3.05, 3.63) is 26.6 Å². The zero-order chi connectivity index (χ0) is 18.7. The quantitative estimate of drug-likeness (QED) is 0.718. The van der Waals surface area contributed by atoms with Gasteiger partial charge >= 0.3 is 11.9 Å². The first-order chi connectivity index (χ1) is 12.6. The van der Waals surface area contributed by atoms with E-state index in [1.54, 1.807) is 6.92 Å². The van der Waals surface area contributed by atoms with Crippen LogP contribution in [0.3, 0.4) is 0 Å². The van der Waals surface area contributed by atoms with Crippen molar-refractivity contribution in [3.63, 3.8) is 0 Å². The summed E-state index contributed by atoms with van der Waals surface area (Å²) in [5, 5.41) is 0.529. The van der Waals surface area contributed by atoms with Crippen molar-refractivity contribution in [1.29, 1.82) is 0 Å². The molecule has 2 aromatic rings. The third-order valence-corrected chi connectivity index (χ3v) is 5.47. The van der Waals surface area contributed by atoms with Crippen LogP contribution in [0.15, 0.2) is 4.79 Å². The van der Waals surface area contributed by atoms with Crippen LogP contribution >= 0.6 is 11.3 Å². The Labute approximate surface area is 154 Å². The average Bonchev–Trinajstić information content (AvgIpc) is 3.01. The number of nitrogens with zero attached hydrogens (tertiary/aromatic N) is 2. The summed E-state index contributed by atoms with van der Waals surface area (Å²) in [6.45, 7) is 3.65. The average molecular weight is 378 g/mol. The molecule has 0 saturated carbocycles. The molecule has 0 spiro atoms. The van der Waals surface area contributed by atoms with Crippen molar-refractivity contribution in [1.82, 2.24) is 9.55 Å². The van der Waals surface area contributed by atoms with E-state index in [1.807, 2.05) is 6.92 Å². The molecule has 7 nitrogen and oxygen atoms in total. The number of hydrogen-bond donors (Lipinski definition) is 0. The van der Waals surface area contributed by atoms with Gasteiger partial charge in [-0.15, -0.1) is 11.3 Å². The van der Waals surface area contributed by atoms with Crippen LogP contribution in [0.5, 0.6) is 0 Å². The summed E-state index contributed by atoms with van der Waals surface area (Å²) in [5.74, 6) is -1.41. The first-order valence-electron chi connectivity index (χ1n) is 8.94. The van der Waals surface area contributed by atoms with Gasteiger partial charge in [-0.2, -0.15) is 0 Å². The number of carbonyl (C=O) groups excluding carboxylic acids is 2. The van der Waals surface area contributed by atoms with Crippen LogP contribution in [0, 0.1) is 0 Å². The van der Waals surface area contributed by atoms with Crippen molar-refractivity contribution in [2.75, 3.05) is 13.2 Å². The Morgan fingerprint density at radius 2 is 1.96 bits per heavy atom. The number of ether oxygens (including phenoxy) is 2. The molecular weight excluding hydrogens is 356 g/mol. The van der Waals surface area contributed by atoms with Crippen molar-refractivity contribution < 1.29 is 19.1 Å². The molecule has 3 rings (SSSR count). The summed E-state index contributed by atoms with van der Waals surface area (Å²) in [5.41, 5.74) is 0.644. The van der Waals surface area contributed by atoms with Gasteiger partial charge in [-0.3, -0.25) is 14.2 Å². The standard InChI is InChI=1S/C18H22N2O5S/c1-3-9-25-13(21)10-20-15(18(23)24-4-2)19-16-14(17(20)22)11-7-5-6-8-12(11)26-16/h3-10H2,1-2H3. The van der Waals surface area contributed by atoms with Gasteiger partial charge in [0.2, 0.25) is 5.82 Å². The predicted molar refractivity (Wildman–Crippen MR) is 97.7 cm³/mol. The lowest BCUT2D eigenvalue weighted by molar-refractivity contribution is -0.144. The van der Waals surface area contributed by atoms with Crippen LogP contribution in [0.25, 0.3) is 10.2 Å². The number of hydrogen-bond acceptors (Lipinski definition) is 7. The van der Waals surface area contributed by atoms with Crippen molar-refractivity contribution in [3.8, 4) is 0 Å². The number of esters is 2. The molecule has 0 amide bonds. The maximum Gasteiger partial charge on any atom is 0.374 e. The van der Waals surface area contributed by atoms with Crippen molar-refractivity contribution >= 4 is 33.5 Å². The minimum absolute atomic E-state index is 0.142. The number of aryl methyl sites for hydroxylation is 2. The van der Waals surface area contributed by atoms with Gasteiger partial charge in [0, 0.05) is 4.88 Å². The van der Waals surface area contributed by atoms with Crippen molar-refractivity contribution in [2.45, 2.75) is 52.5 Å². The van der Waals surface area contributed by atoms with Gasteiger partial charge in [0.15, 0.2) is 0 Å². The second-order valence-electron chi connectivity index (χ2n) is 6.16. The third-order valence-electron chi connectivity index (χ3n) is 4.29. The van der Waals surface area contributed by atoms with E-state index in [2.05, 4.69) is 4.98 Å². The van der Waals surface area contributed by atoms with Gasteiger partial charge in [0.25, 0.3) is 5.56 Å². The highest BCUT2D eigenvalue weighted by atomic mass is 32.1. The molecule has 140 valence electrons. The van der Waals surface area contributed by atoms with E-state index in [4.69, 9.17) is 9.47 Å². The number of carbonyl (C=O) groups is 2. The van der Waals surface area contributed by atoms with Gasteiger partial charge in [0.05, 0.1) is 18.6 Å². The monoisotopic (exact) mass is 378 g/mol. The van der Waals surface area contributed by atoms with Gasteiger partial charge in [0.1, 0.15) is 11.4 Å². The fraction of sp³-hybridized carbons (Fsp3) is 0.556. The number of rotatable bonds is 6. The highest BCUT2D eigenvalue weighted by Gasteiger charge is 2.26. The van der Waals surface area contributed by atoms with Crippen molar-refractivity contribution in [2.24, 2.45) is 0 Å². The van der Waals surface area contributed by atoms with E-state index in [1.165, 1.54) is 11.3 Å². The number of fused-ring (bicyclic) bond motifs is 3. The molecule has 1 aliphatic carbocycles. The van der Waals surface area contributed by atoms with Gasteiger partial charge in [-0.1, -0.05) is 6.92 Å². The summed E-state index contributed by atoms with van der Waals surface area (Å²) >= 11 is 1.46. The highest BCUT2D eigenvalue weighted by molar-refractivity contribution is 7.18. The van der Waals surface area contributed by atoms with Crippen LogP contribution < -0.4 is 5.56 Å². The van der Waals surface area contributed by atoms with Gasteiger partial charge in [-0.25, -0.2) is 9.78 Å². The Hall–Kier alpha value is -2.22. The molecule has 2 heterocycles. The van der Waals surface area contributed by atoms with E-state index in [-0.39, 0.29) is 31.1 Å². The minimum Gasteiger partial charge on any atom is -0.464 e. The normalized spacial score (nSPS) is 13.5. The van der Waals surface area contributed by atoms with E-state index < -0.39 is 11.9 Å². The van der Waals surface area contributed by atoms with Crippen LogP contribution in [-0.2, 0) is 33.7 Å². The molecule has 0 N–H and O–H groups in total. The fourth-order valence-electron chi connectivity index (χ4n) is 3.13. The minimum atomic E-state index is -0.707. The Morgan fingerprint density at radius 1 is 1.19 bits per heavy atom. The Bertz CT molecular complexity index is 899. The molecule has 0 bridgehead atoms. The molecule has 2 aromatic heterocycles. The van der Waals surface area contributed by atoms with E-state index in [0.29, 0.717) is 16.6 Å². The summed E-state index contributed by atoms with van der Waals surface area (Å²) in [6.07, 6.45) is 4.54. The largest absolute Gasteiger partial charge is 0.464 e. The zero-order valence-corrected chi connectivity index (χ0v) is 15.8. The Kier molecular flexibility index (Phi) is 5.70. The molecule has 8 heteroatoms.